The van der Waals surface area contributed by atoms with Crippen LogP contribution in [0.4, 0.5) is 0 Å². The minimum absolute atomic E-state index is 0.0340. The summed E-state index contributed by atoms with van der Waals surface area (Å²) in [6.07, 6.45) is 7.75. The number of carbonyl (C=O) groups excluding carboxylic acids is 1. The fourth-order valence-electron chi connectivity index (χ4n) is 5.39. The molecule has 6 heteroatoms. The minimum atomic E-state index is -0.895. The molecule has 34 heavy (non-hydrogen) atoms. The number of allylic oxidation sites excluding steroid dienone is 1. The predicted octanol–water partition coefficient (Wildman–Crippen LogP) is 4.79. The van der Waals surface area contributed by atoms with E-state index >= 15 is 0 Å². The van der Waals surface area contributed by atoms with Crippen molar-refractivity contribution >= 4 is 23.6 Å². The van der Waals surface area contributed by atoms with Crippen molar-refractivity contribution in [3.8, 4) is 16.9 Å². The second-order valence-electron chi connectivity index (χ2n) is 9.30. The fourth-order valence-corrected chi connectivity index (χ4v) is 5.63. The summed E-state index contributed by atoms with van der Waals surface area (Å²) in [7, 11) is 0. The Hall–Kier alpha value is -3.15. The fraction of sp³-hybridized carbons (Fsp3) is 0.286. The van der Waals surface area contributed by atoms with Crippen LogP contribution < -0.4 is 4.74 Å². The Morgan fingerprint density at radius 2 is 1.91 bits per heavy atom. The van der Waals surface area contributed by atoms with E-state index < -0.39 is 11.7 Å². The van der Waals surface area contributed by atoms with Crippen LogP contribution in [0.3, 0.4) is 0 Å². The van der Waals surface area contributed by atoms with Gasteiger partial charge in [-0.2, -0.15) is 0 Å². The van der Waals surface area contributed by atoms with Gasteiger partial charge >= 0.3 is 0 Å². The summed E-state index contributed by atoms with van der Waals surface area (Å²) in [5.41, 5.74) is 5.01. The Kier molecular flexibility index (Phi) is 5.19. The van der Waals surface area contributed by atoms with Gasteiger partial charge in [0.1, 0.15) is 5.75 Å². The van der Waals surface area contributed by atoms with E-state index in [-0.39, 0.29) is 5.91 Å². The number of piperidine rings is 1. The van der Waals surface area contributed by atoms with E-state index in [1.165, 1.54) is 0 Å². The van der Waals surface area contributed by atoms with Crippen LogP contribution in [0, 0.1) is 0 Å². The molecule has 3 heterocycles. The average molecular weight is 473 g/mol. The number of pyridine rings is 1. The van der Waals surface area contributed by atoms with Gasteiger partial charge in [0.25, 0.3) is 5.91 Å². The van der Waals surface area contributed by atoms with Crippen LogP contribution in [0.1, 0.15) is 35.2 Å². The smallest absolute Gasteiger partial charge is 0.263 e. The van der Waals surface area contributed by atoms with E-state index in [2.05, 4.69) is 17.1 Å². The maximum absolute atomic E-state index is 13.4. The molecule has 0 saturated carbocycles. The van der Waals surface area contributed by atoms with Gasteiger partial charge in [-0.05, 0) is 42.2 Å². The molecule has 1 fully saturated rings. The molecule has 6 rings (SSSR count). The highest BCUT2D eigenvalue weighted by Gasteiger charge is 2.40. The summed E-state index contributed by atoms with van der Waals surface area (Å²) in [5.74, 6) is 0.697. The van der Waals surface area contributed by atoms with Crippen LogP contribution in [-0.4, -0.2) is 40.1 Å². The second kappa shape index (κ2) is 8.26. The molecule has 1 aliphatic carbocycles. The summed E-state index contributed by atoms with van der Waals surface area (Å²) in [6.45, 7) is 0.993. The molecule has 1 N–H and O–H groups in total. The third kappa shape index (κ3) is 3.60. The van der Waals surface area contributed by atoms with Gasteiger partial charge in [0, 0.05) is 53.8 Å². The van der Waals surface area contributed by atoms with Crippen LogP contribution in [-0.2, 0) is 23.2 Å². The summed E-state index contributed by atoms with van der Waals surface area (Å²) < 4.78 is 6.30. The maximum Gasteiger partial charge on any atom is 0.263 e. The quantitative estimate of drug-likeness (QED) is 0.595. The van der Waals surface area contributed by atoms with Crippen molar-refractivity contribution in [1.82, 2.24) is 9.88 Å². The zero-order chi connectivity index (χ0) is 23.3. The molecule has 1 saturated heterocycles. The first-order valence-electron chi connectivity index (χ1n) is 11.7. The average Bonchev–Trinajstić information content (AvgIpc) is 3.51. The number of rotatable bonds is 3. The van der Waals surface area contributed by atoms with Crippen LogP contribution in [0.5, 0.6) is 5.75 Å². The van der Waals surface area contributed by atoms with Crippen LogP contribution in [0.25, 0.3) is 17.2 Å². The SMILES string of the molecule is O=C(C1Cc2cc(Cl)cc(-c3ccnc4c3C=CC4)c2O1)N1CCC(O)(c2ccccc2)CC1. The number of likely N-dealkylation sites (tertiary alicyclic amines) is 1. The first-order valence-corrected chi connectivity index (χ1v) is 12.1. The molecule has 0 spiro atoms. The number of fused-ring (bicyclic) bond motifs is 2. The van der Waals surface area contributed by atoms with E-state index in [0.717, 1.165) is 45.7 Å². The zero-order valence-corrected chi connectivity index (χ0v) is 19.5. The minimum Gasteiger partial charge on any atom is -0.479 e. The summed E-state index contributed by atoms with van der Waals surface area (Å²) in [5, 5.41) is 11.8. The highest BCUT2D eigenvalue weighted by atomic mass is 35.5. The molecule has 0 radical (unpaired) electrons. The van der Waals surface area contributed by atoms with Gasteiger partial charge in [-0.3, -0.25) is 9.78 Å². The Labute approximate surface area is 203 Å². The molecular formula is C28H25ClN2O3. The van der Waals surface area contributed by atoms with Gasteiger partial charge in [-0.1, -0.05) is 54.1 Å². The highest BCUT2D eigenvalue weighted by molar-refractivity contribution is 6.31. The van der Waals surface area contributed by atoms with Crippen LogP contribution in [0.2, 0.25) is 5.02 Å². The lowest BCUT2D eigenvalue weighted by atomic mass is 9.84. The zero-order valence-electron chi connectivity index (χ0n) is 18.7. The molecule has 2 aliphatic heterocycles. The Morgan fingerprint density at radius 1 is 1.12 bits per heavy atom. The summed E-state index contributed by atoms with van der Waals surface area (Å²) >= 11 is 6.48. The number of carbonyl (C=O) groups is 1. The predicted molar refractivity (Wildman–Crippen MR) is 132 cm³/mol. The Morgan fingerprint density at radius 3 is 2.71 bits per heavy atom. The Bertz CT molecular complexity index is 1300. The van der Waals surface area contributed by atoms with E-state index in [1.807, 2.05) is 59.6 Å². The normalized spacial score (nSPS) is 20.1. The second-order valence-corrected chi connectivity index (χ2v) is 9.74. The lowest BCUT2D eigenvalue weighted by Crippen LogP contribution is -2.49. The summed E-state index contributed by atoms with van der Waals surface area (Å²) in [4.78, 5) is 19.7. The molecule has 1 aromatic heterocycles. The number of ether oxygens (including phenoxy) is 1. The number of benzene rings is 2. The molecule has 1 amide bonds. The van der Waals surface area contributed by atoms with Crippen molar-refractivity contribution in [1.29, 1.82) is 0 Å². The van der Waals surface area contributed by atoms with E-state index in [4.69, 9.17) is 16.3 Å². The molecule has 1 unspecified atom stereocenters. The van der Waals surface area contributed by atoms with Gasteiger partial charge in [-0.15, -0.1) is 0 Å². The van der Waals surface area contributed by atoms with Gasteiger partial charge in [-0.25, -0.2) is 0 Å². The first-order chi connectivity index (χ1) is 16.5. The van der Waals surface area contributed by atoms with Crippen molar-refractivity contribution in [3.05, 3.63) is 88.2 Å². The monoisotopic (exact) mass is 472 g/mol. The Balaban J connectivity index is 1.22. The lowest BCUT2D eigenvalue weighted by molar-refractivity contribution is -0.142. The third-order valence-electron chi connectivity index (χ3n) is 7.24. The maximum atomic E-state index is 13.4. The largest absolute Gasteiger partial charge is 0.479 e. The van der Waals surface area contributed by atoms with E-state index in [1.54, 1.807) is 0 Å². The molecular weight excluding hydrogens is 448 g/mol. The molecule has 0 bridgehead atoms. The van der Waals surface area contributed by atoms with Gasteiger partial charge in [0.05, 0.1) is 11.3 Å². The van der Waals surface area contributed by atoms with Crippen LogP contribution >= 0.6 is 11.6 Å². The van der Waals surface area contributed by atoms with Crippen LogP contribution in [0.15, 0.2) is 60.8 Å². The lowest BCUT2D eigenvalue weighted by Gasteiger charge is -2.39. The molecule has 3 aromatic rings. The van der Waals surface area contributed by atoms with Crippen molar-refractivity contribution in [3.63, 3.8) is 0 Å². The number of aromatic nitrogens is 1. The van der Waals surface area contributed by atoms with E-state index in [0.29, 0.717) is 37.4 Å². The van der Waals surface area contributed by atoms with Crippen molar-refractivity contribution < 1.29 is 14.6 Å². The number of halogens is 1. The number of amides is 1. The number of aliphatic hydroxyl groups is 1. The standard InChI is InChI=1S/C28H25ClN2O3/c29-20-15-18-16-25(27(32)31-13-10-28(33,11-14-31)19-5-2-1-3-6-19)34-26(18)23(17-20)21-9-12-30-24-8-4-7-22(21)24/h1-7,9,12,15,17,25,33H,8,10-11,13-14,16H2. The molecule has 5 nitrogen and oxygen atoms in total. The molecule has 2 aromatic carbocycles. The van der Waals surface area contributed by atoms with Gasteiger partial charge in [0.15, 0.2) is 6.10 Å². The highest BCUT2D eigenvalue weighted by Crippen LogP contribution is 2.44. The number of hydrogen-bond acceptors (Lipinski definition) is 4. The number of nitrogens with zero attached hydrogens (tertiary/aromatic N) is 2. The third-order valence-corrected chi connectivity index (χ3v) is 7.46. The van der Waals surface area contributed by atoms with Gasteiger partial charge in [0.2, 0.25) is 0 Å². The first kappa shape index (κ1) is 21.4. The summed E-state index contributed by atoms with van der Waals surface area (Å²) in [6, 6.07) is 15.5. The van der Waals surface area contributed by atoms with Gasteiger partial charge < -0.3 is 14.7 Å². The molecule has 3 aliphatic rings. The van der Waals surface area contributed by atoms with Crippen molar-refractivity contribution in [2.24, 2.45) is 0 Å². The van der Waals surface area contributed by atoms with E-state index in [9.17, 15) is 9.90 Å². The van der Waals surface area contributed by atoms with Crippen molar-refractivity contribution in [2.45, 2.75) is 37.4 Å². The molecule has 1 atom stereocenters. The molecule has 172 valence electrons. The number of hydrogen-bond donors (Lipinski definition) is 1. The topological polar surface area (TPSA) is 62.7 Å². The van der Waals surface area contributed by atoms with Crippen molar-refractivity contribution in [2.75, 3.05) is 13.1 Å².